The number of H-pyrrole nitrogens is 1. The van der Waals surface area contributed by atoms with Crippen LogP contribution in [-0.2, 0) is 0 Å². The van der Waals surface area contributed by atoms with Gasteiger partial charge in [-0.25, -0.2) is 4.98 Å². The molecule has 0 aliphatic rings. The molecule has 3 aromatic rings. The lowest BCUT2D eigenvalue weighted by molar-refractivity contribution is 1.15. The second-order valence-corrected chi connectivity index (χ2v) is 4.11. The summed E-state index contributed by atoms with van der Waals surface area (Å²) >= 11 is 5.29. The summed E-state index contributed by atoms with van der Waals surface area (Å²) in [4.78, 5) is 11.2. The van der Waals surface area contributed by atoms with Crippen LogP contribution in [0.1, 0.15) is 0 Å². The summed E-state index contributed by atoms with van der Waals surface area (Å²) in [6.45, 7) is 0. The molecule has 0 bridgehead atoms. The number of benzene rings is 1. The van der Waals surface area contributed by atoms with Crippen LogP contribution in [0.4, 0.5) is 0 Å². The molecule has 1 N–H and O–H groups in total. The van der Waals surface area contributed by atoms with Gasteiger partial charge in [-0.15, -0.1) is 0 Å². The molecule has 0 radical (unpaired) electrons. The van der Waals surface area contributed by atoms with E-state index in [1.54, 1.807) is 18.7 Å². The summed E-state index contributed by atoms with van der Waals surface area (Å²) in [6.07, 6.45) is 7.02. The second-order valence-electron chi connectivity index (χ2n) is 3.70. The Balaban J connectivity index is 2.39. The highest BCUT2D eigenvalue weighted by Crippen LogP contribution is 2.27. The fourth-order valence-corrected chi connectivity index (χ4v) is 2.11. The molecule has 3 rings (SSSR count). The highest BCUT2D eigenvalue weighted by Gasteiger charge is 2.04. The van der Waals surface area contributed by atoms with Crippen molar-refractivity contribution in [1.29, 1.82) is 0 Å². The predicted octanol–water partition coefficient (Wildman–Crippen LogP) is 3.35. The van der Waals surface area contributed by atoms with Crippen LogP contribution in [0.2, 0.25) is 0 Å². The maximum atomic E-state index is 5.29. The average molecular weight is 239 g/mol. The Morgan fingerprint density at radius 1 is 1.00 bits per heavy atom. The van der Waals surface area contributed by atoms with Gasteiger partial charge in [-0.1, -0.05) is 30.4 Å². The van der Waals surface area contributed by atoms with Crippen molar-refractivity contribution >= 4 is 23.0 Å². The van der Waals surface area contributed by atoms with Crippen molar-refractivity contribution in [3.63, 3.8) is 0 Å². The number of nitrogens with one attached hydrogen (secondary N) is 1. The molecular weight excluding hydrogens is 230 g/mol. The first-order valence-corrected chi connectivity index (χ1v) is 5.63. The molecule has 3 nitrogen and oxygen atoms in total. The van der Waals surface area contributed by atoms with Crippen molar-refractivity contribution in [2.45, 2.75) is 0 Å². The Hall–Kier alpha value is -2.07. The number of hydrogen-bond donors (Lipinski definition) is 1. The highest BCUT2D eigenvalue weighted by atomic mass is 32.1. The molecule has 0 aliphatic heterocycles. The number of hydrogen-bond acceptors (Lipinski definition) is 3. The van der Waals surface area contributed by atoms with Crippen LogP contribution in [0.5, 0.6) is 0 Å². The summed E-state index contributed by atoms with van der Waals surface area (Å²) < 4.78 is 0.698. The monoisotopic (exact) mass is 239 g/mol. The zero-order valence-electron chi connectivity index (χ0n) is 8.92. The zero-order chi connectivity index (χ0) is 11.7. The molecule has 82 valence electrons. The normalized spacial score (nSPS) is 10.6. The van der Waals surface area contributed by atoms with Crippen LogP contribution in [-0.4, -0.2) is 15.0 Å². The fourth-order valence-electron chi connectivity index (χ4n) is 1.89. The molecule has 17 heavy (non-hydrogen) atoms. The Bertz CT molecular complexity index is 728. The third-order valence-corrected chi connectivity index (χ3v) is 3.03. The molecule has 0 fully saturated rings. The fraction of sp³-hybridized carbons (Fsp3) is 0. The number of rotatable bonds is 1. The molecule has 0 amide bonds. The van der Waals surface area contributed by atoms with Gasteiger partial charge in [-0.05, 0) is 17.0 Å². The van der Waals surface area contributed by atoms with Gasteiger partial charge in [-0.3, -0.25) is 4.98 Å². The van der Waals surface area contributed by atoms with Crippen LogP contribution in [0.25, 0.3) is 21.9 Å². The number of pyridine rings is 1. The summed E-state index contributed by atoms with van der Waals surface area (Å²) in [5, 5.41) is 2.23. The van der Waals surface area contributed by atoms with E-state index < -0.39 is 0 Å². The van der Waals surface area contributed by atoms with E-state index in [9.17, 15) is 0 Å². The minimum atomic E-state index is 0.698. The van der Waals surface area contributed by atoms with Crippen LogP contribution >= 0.6 is 12.2 Å². The maximum Gasteiger partial charge on any atom is 0.113 e. The van der Waals surface area contributed by atoms with Gasteiger partial charge in [0, 0.05) is 29.5 Å². The van der Waals surface area contributed by atoms with Gasteiger partial charge in [-0.2, -0.15) is 0 Å². The van der Waals surface area contributed by atoms with Gasteiger partial charge >= 0.3 is 0 Å². The van der Waals surface area contributed by atoms with Crippen LogP contribution in [0.3, 0.4) is 0 Å². The van der Waals surface area contributed by atoms with Crippen LogP contribution in [0, 0.1) is 4.64 Å². The Kier molecular flexibility index (Phi) is 2.42. The molecule has 0 saturated heterocycles. The SMILES string of the molecule is S=c1[nH]cncc1-c1cccc2cnccc12. The lowest BCUT2D eigenvalue weighted by Gasteiger charge is -2.05. The number of aromatic nitrogens is 3. The van der Waals surface area contributed by atoms with Crippen molar-refractivity contribution in [3.8, 4) is 11.1 Å². The summed E-state index contributed by atoms with van der Waals surface area (Å²) in [5.74, 6) is 0. The van der Waals surface area contributed by atoms with Gasteiger partial charge < -0.3 is 4.98 Å². The molecule has 2 aromatic heterocycles. The number of fused-ring (bicyclic) bond motifs is 1. The van der Waals surface area contributed by atoms with Crippen molar-refractivity contribution in [2.24, 2.45) is 0 Å². The first-order chi connectivity index (χ1) is 8.36. The topological polar surface area (TPSA) is 41.6 Å². The van der Waals surface area contributed by atoms with Crippen molar-refractivity contribution in [1.82, 2.24) is 15.0 Å². The summed E-state index contributed by atoms with van der Waals surface area (Å²) in [5.41, 5.74) is 2.03. The van der Waals surface area contributed by atoms with Crippen molar-refractivity contribution in [2.75, 3.05) is 0 Å². The van der Waals surface area contributed by atoms with E-state index in [4.69, 9.17) is 12.2 Å². The largest absolute Gasteiger partial charge is 0.337 e. The minimum Gasteiger partial charge on any atom is -0.337 e. The zero-order valence-corrected chi connectivity index (χ0v) is 9.74. The molecule has 0 aliphatic carbocycles. The first kappa shape index (κ1) is 10.1. The van der Waals surface area contributed by atoms with E-state index in [0.29, 0.717) is 4.64 Å². The minimum absolute atomic E-state index is 0.698. The first-order valence-electron chi connectivity index (χ1n) is 5.22. The van der Waals surface area contributed by atoms with E-state index in [0.717, 1.165) is 21.9 Å². The smallest absolute Gasteiger partial charge is 0.113 e. The van der Waals surface area contributed by atoms with E-state index in [2.05, 4.69) is 15.0 Å². The third kappa shape index (κ3) is 1.72. The van der Waals surface area contributed by atoms with E-state index in [1.165, 1.54) is 0 Å². The third-order valence-electron chi connectivity index (χ3n) is 2.69. The van der Waals surface area contributed by atoms with E-state index in [-0.39, 0.29) is 0 Å². The van der Waals surface area contributed by atoms with Crippen molar-refractivity contribution in [3.05, 3.63) is 53.8 Å². The lowest BCUT2D eigenvalue weighted by atomic mass is 10.0. The maximum absolute atomic E-state index is 5.29. The van der Waals surface area contributed by atoms with Crippen molar-refractivity contribution < 1.29 is 0 Å². The molecular formula is C13H9N3S. The predicted molar refractivity (Wildman–Crippen MR) is 70.2 cm³/mol. The van der Waals surface area contributed by atoms with Gasteiger partial charge in [0.05, 0.1) is 6.33 Å². The molecule has 4 heteroatoms. The van der Waals surface area contributed by atoms with Gasteiger partial charge in [0.15, 0.2) is 0 Å². The standard InChI is InChI=1S/C13H9N3S/c17-13-12(7-15-8-16-13)11-3-1-2-9-6-14-5-4-10(9)11/h1-8H,(H,15,16,17). The van der Waals surface area contributed by atoms with E-state index >= 15 is 0 Å². The quantitative estimate of drug-likeness (QED) is 0.662. The van der Waals surface area contributed by atoms with Crippen LogP contribution < -0.4 is 0 Å². The molecule has 0 unspecified atom stereocenters. The molecule has 2 heterocycles. The van der Waals surface area contributed by atoms with Gasteiger partial charge in [0.25, 0.3) is 0 Å². The second kappa shape index (κ2) is 4.07. The molecule has 1 aromatic carbocycles. The molecule has 0 saturated carbocycles. The van der Waals surface area contributed by atoms with Gasteiger partial charge in [0.2, 0.25) is 0 Å². The number of aromatic amines is 1. The van der Waals surface area contributed by atoms with Gasteiger partial charge in [0.1, 0.15) is 4.64 Å². The lowest BCUT2D eigenvalue weighted by Crippen LogP contribution is -1.86. The Labute approximate surface area is 103 Å². The van der Waals surface area contributed by atoms with Crippen LogP contribution in [0.15, 0.2) is 49.2 Å². The summed E-state index contributed by atoms with van der Waals surface area (Å²) in [7, 11) is 0. The Morgan fingerprint density at radius 2 is 1.94 bits per heavy atom. The average Bonchev–Trinajstić information content (AvgIpc) is 2.39. The van der Waals surface area contributed by atoms with E-state index in [1.807, 2.05) is 30.5 Å². The Morgan fingerprint density at radius 3 is 2.82 bits per heavy atom. The summed E-state index contributed by atoms with van der Waals surface area (Å²) in [6, 6.07) is 8.07. The molecule has 0 atom stereocenters. The molecule has 0 spiro atoms. The highest BCUT2D eigenvalue weighted by molar-refractivity contribution is 7.71. The number of nitrogens with zero attached hydrogens (tertiary/aromatic N) is 2.